The molecule has 0 aromatic carbocycles. The highest BCUT2D eigenvalue weighted by Crippen LogP contribution is 2.04. The van der Waals surface area contributed by atoms with E-state index in [1.54, 1.807) is 7.11 Å². The summed E-state index contributed by atoms with van der Waals surface area (Å²) in [5, 5.41) is 4.28. The van der Waals surface area contributed by atoms with Crippen LogP contribution in [-0.2, 0) is 18.2 Å². The number of hydrogen-bond acceptors (Lipinski definition) is 2. The van der Waals surface area contributed by atoms with Crippen LogP contribution in [0.25, 0.3) is 0 Å². The summed E-state index contributed by atoms with van der Waals surface area (Å²) < 4.78 is 6.79. The van der Waals surface area contributed by atoms with E-state index in [4.69, 9.17) is 4.74 Å². The Balaban J connectivity index is 2.62. The van der Waals surface area contributed by atoms with Crippen molar-refractivity contribution in [2.24, 2.45) is 7.05 Å². The lowest BCUT2D eigenvalue weighted by Crippen LogP contribution is -1.97. The van der Waals surface area contributed by atoms with E-state index in [1.165, 1.54) is 5.56 Å². The minimum absolute atomic E-state index is 0.748. The Morgan fingerprint density at radius 1 is 1.64 bits per heavy atom. The van der Waals surface area contributed by atoms with Gasteiger partial charge in [0.15, 0.2) is 0 Å². The zero-order valence-corrected chi connectivity index (χ0v) is 7.29. The average Bonchev–Trinajstić information content (AvgIpc) is 2.26. The van der Waals surface area contributed by atoms with Crippen LogP contribution in [0.3, 0.4) is 0 Å². The van der Waals surface area contributed by atoms with Crippen LogP contribution >= 0.6 is 0 Å². The first-order valence-corrected chi connectivity index (χ1v) is 3.72. The van der Waals surface area contributed by atoms with Crippen molar-refractivity contribution in [1.29, 1.82) is 0 Å². The Hall–Kier alpha value is -0.830. The summed E-state index contributed by atoms with van der Waals surface area (Å²) in [6, 6.07) is 0. The molecule has 0 spiro atoms. The van der Waals surface area contributed by atoms with E-state index in [-0.39, 0.29) is 0 Å². The van der Waals surface area contributed by atoms with Crippen LogP contribution < -0.4 is 0 Å². The molecule has 0 fully saturated rings. The lowest BCUT2D eigenvalue weighted by molar-refractivity contribution is 0.201. The average molecular weight is 154 g/mol. The monoisotopic (exact) mass is 154 g/mol. The highest BCUT2D eigenvalue weighted by Gasteiger charge is 2.01. The second-order valence-electron chi connectivity index (χ2n) is 2.68. The van der Waals surface area contributed by atoms with Crippen molar-refractivity contribution in [1.82, 2.24) is 9.78 Å². The number of aryl methyl sites for hydroxylation is 2. The minimum atomic E-state index is 0.748. The molecule has 0 aliphatic rings. The van der Waals surface area contributed by atoms with Crippen molar-refractivity contribution in [2.45, 2.75) is 13.3 Å². The highest BCUT2D eigenvalue weighted by molar-refractivity contribution is 5.14. The third kappa shape index (κ3) is 2.05. The number of ether oxygens (including phenoxy) is 1. The summed E-state index contributed by atoms with van der Waals surface area (Å²) in [5.41, 5.74) is 2.37. The maximum atomic E-state index is 4.96. The Morgan fingerprint density at radius 3 is 2.82 bits per heavy atom. The summed E-state index contributed by atoms with van der Waals surface area (Å²) in [4.78, 5) is 0. The van der Waals surface area contributed by atoms with E-state index in [0.29, 0.717) is 0 Å². The van der Waals surface area contributed by atoms with Gasteiger partial charge in [0, 0.05) is 26.8 Å². The Bertz CT molecular complexity index is 230. The normalized spacial score (nSPS) is 10.5. The van der Waals surface area contributed by atoms with Crippen LogP contribution in [0.4, 0.5) is 0 Å². The molecule has 11 heavy (non-hydrogen) atoms. The maximum absolute atomic E-state index is 4.96. The van der Waals surface area contributed by atoms with Crippen LogP contribution in [-0.4, -0.2) is 23.5 Å². The van der Waals surface area contributed by atoms with Crippen molar-refractivity contribution >= 4 is 0 Å². The molecule has 0 saturated carbocycles. The molecule has 0 unspecified atom stereocenters. The molecule has 0 bridgehead atoms. The molecule has 1 rings (SSSR count). The predicted molar refractivity (Wildman–Crippen MR) is 43.5 cm³/mol. The van der Waals surface area contributed by atoms with Gasteiger partial charge in [0.05, 0.1) is 12.3 Å². The molecule has 0 aliphatic carbocycles. The highest BCUT2D eigenvalue weighted by atomic mass is 16.5. The van der Waals surface area contributed by atoms with Gasteiger partial charge < -0.3 is 4.74 Å². The first-order valence-electron chi connectivity index (χ1n) is 3.72. The van der Waals surface area contributed by atoms with Crippen LogP contribution in [0.5, 0.6) is 0 Å². The molecule has 0 saturated heterocycles. The van der Waals surface area contributed by atoms with Crippen molar-refractivity contribution in [3.8, 4) is 0 Å². The van der Waals surface area contributed by atoms with Gasteiger partial charge in [0.2, 0.25) is 0 Å². The third-order valence-electron chi connectivity index (χ3n) is 1.66. The molecule has 3 nitrogen and oxygen atoms in total. The Morgan fingerprint density at radius 2 is 2.36 bits per heavy atom. The molecule has 0 atom stereocenters. The van der Waals surface area contributed by atoms with Gasteiger partial charge in [-0.25, -0.2) is 0 Å². The summed E-state index contributed by atoms with van der Waals surface area (Å²) in [5.74, 6) is 0. The van der Waals surface area contributed by atoms with Crippen molar-refractivity contribution in [2.75, 3.05) is 13.7 Å². The lowest BCUT2D eigenvalue weighted by atomic mass is 10.2. The zero-order valence-electron chi connectivity index (χ0n) is 7.29. The van der Waals surface area contributed by atoms with Gasteiger partial charge in [-0.15, -0.1) is 0 Å². The van der Waals surface area contributed by atoms with Gasteiger partial charge in [-0.05, 0) is 12.5 Å². The van der Waals surface area contributed by atoms with Gasteiger partial charge in [0.25, 0.3) is 0 Å². The second-order valence-corrected chi connectivity index (χ2v) is 2.68. The van der Waals surface area contributed by atoms with E-state index >= 15 is 0 Å². The maximum Gasteiger partial charge on any atom is 0.0676 e. The Labute approximate surface area is 67.0 Å². The van der Waals surface area contributed by atoms with E-state index < -0.39 is 0 Å². The number of nitrogens with zero attached hydrogens (tertiary/aromatic N) is 2. The second kappa shape index (κ2) is 3.53. The van der Waals surface area contributed by atoms with E-state index in [9.17, 15) is 0 Å². The standard InChI is InChI=1S/C8H14N2O/c1-7-6-10(2)9-8(7)4-5-11-3/h6H,4-5H2,1-3H3. The number of rotatable bonds is 3. The molecular formula is C8H14N2O. The number of methoxy groups -OCH3 is 1. The van der Waals surface area contributed by atoms with E-state index in [2.05, 4.69) is 12.0 Å². The molecule has 62 valence electrons. The summed E-state index contributed by atoms with van der Waals surface area (Å²) in [6.45, 7) is 2.82. The summed E-state index contributed by atoms with van der Waals surface area (Å²) in [6.07, 6.45) is 2.92. The molecule has 3 heteroatoms. The fraction of sp³-hybridized carbons (Fsp3) is 0.625. The topological polar surface area (TPSA) is 27.1 Å². The van der Waals surface area contributed by atoms with Gasteiger partial charge in [-0.3, -0.25) is 4.68 Å². The molecule has 0 radical (unpaired) electrons. The molecule has 0 amide bonds. The predicted octanol–water partition coefficient (Wildman–Crippen LogP) is 0.917. The van der Waals surface area contributed by atoms with Crippen LogP contribution in [0, 0.1) is 6.92 Å². The molecule has 0 N–H and O–H groups in total. The number of hydrogen-bond donors (Lipinski definition) is 0. The van der Waals surface area contributed by atoms with Crippen LogP contribution in [0.1, 0.15) is 11.3 Å². The number of aromatic nitrogens is 2. The minimum Gasteiger partial charge on any atom is -0.384 e. The molecule has 1 heterocycles. The van der Waals surface area contributed by atoms with Gasteiger partial charge >= 0.3 is 0 Å². The van der Waals surface area contributed by atoms with E-state index in [1.807, 2.05) is 17.9 Å². The largest absolute Gasteiger partial charge is 0.384 e. The van der Waals surface area contributed by atoms with Gasteiger partial charge in [-0.2, -0.15) is 5.10 Å². The fourth-order valence-corrected chi connectivity index (χ4v) is 1.10. The van der Waals surface area contributed by atoms with Gasteiger partial charge in [0.1, 0.15) is 0 Å². The van der Waals surface area contributed by atoms with Crippen molar-refractivity contribution < 1.29 is 4.74 Å². The summed E-state index contributed by atoms with van der Waals surface area (Å²) >= 11 is 0. The lowest BCUT2D eigenvalue weighted by Gasteiger charge is -1.95. The SMILES string of the molecule is COCCc1nn(C)cc1C. The molecule has 0 aliphatic heterocycles. The van der Waals surface area contributed by atoms with E-state index in [0.717, 1.165) is 18.7 Å². The van der Waals surface area contributed by atoms with Crippen LogP contribution in [0.2, 0.25) is 0 Å². The zero-order chi connectivity index (χ0) is 8.27. The first kappa shape index (κ1) is 8.27. The smallest absolute Gasteiger partial charge is 0.0676 e. The first-order chi connectivity index (χ1) is 5.24. The van der Waals surface area contributed by atoms with Gasteiger partial charge in [-0.1, -0.05) is 0 Å². The molecule has 1 aromatic heterocycles. The van der Waals surface area contributed by atoms with Crippen molar-refractivity contribution in [3.63, 3.8) is 0 Å². The quantitative estimate of drug-likeness (QED) is 0.647. The molecular weight excluding hydrogens is 140 g/mol. The summed E-state index contributed by atoms with van der Waals surface area (Å²) in [7, 11) is 3.64. The Kier molecular flexibility index (Phi) is 2.65. The van der Waals surface area contributed by atoms with Crippen molar-refractivity contribution in [3.05, 3.63) is 17.5 Å². The van der Waals surface area contributed by atoms with Crippen LogP contribution in [0.15, 0.2) is 6.20 Å². The fourth-order valence-electron chi connectivity index (χ4n) is 1.10. The molecule has 1 aromatic rings. The third-order valence-corrected chi connectivity index (χ3v) is 1.66.